The van der Waals surface area contributed by atoms with Crippen LogP contribution in [0.5, 0.6) is 11.5 Å². The SMILES string of the molecule is Cc1ccc(OC[C@@H]2CCCN(C(C(=O)NCCOc3ccc(C(F)(F)F)cc3)c3nc(-c4ccc(C)cc4)no3)C2)cc1. The molecule has 8 nitrogen and oxygen atoms in total. The number of benzene rings is 3. The Morgan fingerprint density at radius 1 is 0.977 bits per heavy atom. The van der Waals surface area contributed by atoms with E-state index in [2.05, 4.69) is 15.5 Å². The van der Waals surface area contributed by atoms with E-state index in [4.69, 9.17) is 14.0 Å². The topological polar surface area (TPSA) is 89.7 Å². The highest BCUT2D eigenvalue weighted by atomic mass is 19.4. The van der Waals surface area contributed by atoms with E-state index in [9.17, 15) is 18.0 Å². The highest BCUT2D eigenvalue weighted by Gasteiger charge is 2.36. The van der Waals surface area contributed by atoms with Gasteiger partial charge in [0.15, 0.2) is 6.04 Å². The summed E-state index contributed by atoms with van der Waals surface area (Å²) in [5, 5.41) is 7.03. The third-order valence-electron chi connectivity index (χ3n) is 7.51. The standard InChI is InChI=1S/C33H35F3N4O4/c1-22-5-9-25(10-6-22)30-38-32(44-39-30)29(31(41)37-17-19-42-27-15-11-26(12-16-27)33(34,35)36)40-18-3-4-24(20-40)21-43-28-13-7-23(2)8-14-28/h5-16,24,29H,3-4,17-21H2,1-2H3,(H,37,41)/t24-,29?/m1/s1. The molecule has 0 bridgehead atoms. The number of hydrogen-bond acceptors (Lipinski definition) is 7. The zero-order valence-electron chi connectivity index (χ0n) is 24.6. The van der Waals surface area contributed by atoms with E-state index in [0.29, 0.717) is 25.5 Å². The first-order chi connectivity index (χ1) is 21.2. The van der Waals surface area contributed by atoms with Gasteiger partial charge in [0.1, 0.15) is 18.1 Å². The summed E-state index contributed by atoms with van der Waals surface area (Å²) in [6.45, 7) is 5.96. The van der Waals surface area contributed by atoms with Crippen LogP contribution in [0.15, 0.2) is 77.3 Å². The molecule has 232 valence electrons. The first-order valence-corrected chi connectivity index (χ1v) is 14.6. The molecule has 0 spiro atoms. The number of alkyl halides is 3. The Bertz CT molecular complexity index is 1510. The molecule has 0 saturated carbocycles. The number of likely N-dealkylation sites (tertiary alicyclic amines) is 1. The lowest BCUT2D eigenvalue weighted by Crippen LogP contribution is -2.46. The lowest BCUT2D eigenvalue weighted by Gasteiger charge is -2.35. The predicted molar refractivity (Wildman–Crippen MR) is 158 cm³/mol. The van der Waals surface area contributed by atoms with Crippen LogP contribution in [0.25, 0.3) is 11.4 Å². The summed E-state index contributed by atoms with van der Waals surface area (Å²) < 4.78 is 55.8. The average molecular weight is 609 g/mol. The summed E-state index contributed by atoms with van der Waals surface area (Å²) in [5.74, 6) is 1.50. The molecule has 3 aromatic carbocycles. The molecule has 1 aliphatic heterocycles. The summed E-state index contributed by atoms with van der Waals surface area (Å²) in [5.41, 5.74) is 2.28. The minimum atomic E-state index is -4.42. The second-order valence-corrected chi connectivity index (χ2v) is 11.0. The summed E-state index contributed by atoms with van der Waals surface area (Å²) in [6, 6.07) is 19.2. The number of amides is 1. The Kier molecular flexibility index (Phi) is 9.84. The summed E-state index contributed by atoms with van der Waals surface area (Å²) in [7, 11) is 0. The van der Waals surface area contributed by atoms with Gasteiger partial charge in [-0.2, -0.15) is 18.2 Å². The van der Waals surface area contributed by atoms with Crippen LogP contribution in [-0.4, -0.2) is 53.8 Å². The minimum Gasteiger partial charge on any atom is -0.493 e. The number of aryl methyl sites for hydroxylation is 2. The van der Waals surface area contributed by atoms with Gasteiger partial charge in [0.05, 0.1) is 18.7 Å². The fourth-order valence-electron chi connectivity index (χ4n) is 5.10. The van der Waals surface area contributed by atoms with E-state index in [1.165, 1.54) is 12.1 Å². The number of aromatic nitrogens is 2. The number of nitrogens with one attached hydrogen (secondary N) is 1. The smallest absolute Gasteiger partial charge is 0.416 e. The quantitative estimate of drug-likeness (QED) is 0.197. The third kappa shape index (κ3) is 8.16. The molecular formula is C33H35F3N4O4. The molecule has 1 unspecified atom stereocenters. The molecule has 44 heavy (non-hydrogen) atoms. The van der Waals surface area contributed by atoms with Crippen molar-refractivity contribution in [2.75, 3.05) is 32.8 Å². The van der Waals surface area contributed by atoms with Gasteiger partial charge in [-0.15, -0.1) is 0 Å². The third-order valence-corrected chi connectivity index (χ3v) is 7.51. The summed E-state index contributed by atoms with van der Waals surface area (Å²) in [4.78, 5) is 20.3. The summed E-state index contributed by atoms with van der Waals surface area (Å²) >= 11 is 0. The Morgan fingerprint density at radius 2 is 1.61 bits per heavy atom. The van der Waals surface area contributed by atoms with Crippen molar-refractivity contribution >= 4 is 5.91 Å². The van der Waals surface area contributed by atoms with Crippen molar-refractivity contribution in [2.45, 2.75) is 38.9 Å². The largest absolute Gasteiger partial charge is 0.493 e. The van der Waals surface area contributed by atoms with Crippen molar-refractivity contribution in [3.05, 3.63) is 95.4 Å². The van der Waals surface area contributed by atoms with E-state index in [-0.39, 0.29) is 36.6 Å². The van der Waals surface area contributed by atoms with Crippen molar-refractivity contribution in [1.82, 2.24) is 20.4 Å². The lowest BCUT2D eigenvalue weighted by atomic mass is 9.97. The molecule has 1 amide bonds. The number of piperidine rings is 1. The first kappa shape index (κ1) is 31.1. The van der Waals surface area contributed by atoms with E-state index < -0.39 is 17.8 Å². The van der Waals surface area contributed by atoms with Crippen LogP contribution in [-0.2, 0) is 11.0 Å². The monoisotopic (exact) mass is 608 g/mol. The molecule has 1 saturated heterocycles. The number of carbonyl (C=O) groups is 1. The number of halogens is 3. The molecule has 2 heterocycles. The van der Waals surface area contributed by atoms with Crippen LogP contribution in [0.2, 0.25) is 0 Å². The van der Waals surface area contributed by atoms with E-state index >= 15 is 0 Å². The van der Waals surface area contributed by atoms with Gasteiger partial charge < -0.3 is 19.3 Å². The van der Waals surface area contributed by atoms with Gasteiger partial charge >= 0.3 is 6.18 Å². The second-order valence-electron chi connectivity index (χ2n) is 11.0. The van der Waals surface area contributed by atoms with Crippen molar-refractivity contribution in [3.63, 3.8) is 0 Å². The van der Waals surface area contributed by atoms with Crippen molar-refractivity contribution in [2.24, 2.45) is 5.92 Å². The highest BCUT2D eigenvalue weighted by Crippen LogP contribution is 2.31. The molecule has 1 aliphatic rings. The van der Waals surface area contributed by atoms with Gasteiger partial charge in [0, 0.05) is 18.0 Å². The Morgan fingerprint density at radius 3 is 2.30 bits per heavy atom. The fraction of sp³-hybridized carbons (Fsp3) is 0.364. The number of hydrogen-bond donors (Lipinski definition) is 1. The Hall–Kier alpha value is -4.38. The first-order valence-electron chi connectivity index (χ1n) is 14.6. The van der Waals surface area contributed by atoms with Crippen LogP contribution in [0.3, 0.4) is 0 Å². The Balaban J connectivity index is 1.25. The van der Waals surface area contributed by atoms with Gasteiger partial charge in [0.2, 0.25) is 11.7 Å². The van der Waals surface area contributed by atoms with Gasteiger partial charge in [0.25, 0.3) is 5.89 Å². The van der Waals surface area contributed by atoms with E-state index in [0.717, 1.165) is 47.4 Å². The van der Waals surface area contributed by atoms with Crippen LogP contribution in [0, 0.1) is 19.8 Å². The molecule has 2 atom stereocenters. The van der Waals surface area contributed by atoms with Crippen LogP contribution in [0.1, 0.15) is 41.5 Å². The molecule has 0 aliphatic carbocycles. The van der Waals surface area contributed by atoms with Crippen molar-refractivity contribution < 1.29 is 32.0 Å². The van der Waals surface area contributed by atoms with Crippen LogP contribution >= 0.6 is 0 Å². The number of rotatable bonds is 11. The van der Waals surface area contributed by atoms with Crippen molar-refractivity contribution in [1.29, 1.82) is 0 Å². The Labute approximate surface area is 254 Å². The highest BCUT2D eigenvalue weighted by molar-refractivity contribution is 5.82. The number of ether oxygens (including phenoxy) is 2. The fourth-order valence-corrected chi connectivity index (χ4v) is 5.10. The average Bonchev–Trinajstić information content (AvgIpc) is 3.49. The molecule has 1 N–H and O–H groups in total. The van der Waals surface area contributed by atoms with Crippen molar-refractivity contribution in [3.8, 4) is 22.9 Å². The van der Waals surface area contributed by atoms with Crippen LogP contribution in [0.4, 0.5) is 13.2 Å². The maximum atomic E-state index is 13.6. The maximum Gasteiger partial charge on any atom is 0.416 e. The second kappa shape index (κ2) is 13.9. The van der Waals surface area contributed by atoms with Gasteiger partial charge in [-0.25, -0.2) is 0 Å². The summed E-state index contributed by atoms with van der Waals surface area (Å²) in [6.07, 6.45) is -2.60. The predicted octanol–water partition coefficient (Wildman–Crippen LogP) is 6.40. The van der Waals surface area contributed by atoms with E-state index in [1.54, 1.807) is 0 Å². The maximum absolute atomic E-state index is 13.6. The zero-order valence-corrected chi connectivity index (χ0v) is 24.6. The van der Waals surface area contributed by atoms with E-state index in [1.807, 2.05) is 67.3 Å². The van der Waals surface area contributed by atoms with Gasteiger partial charge in [-0.1, -0.05) is 52.7 Å². The molecule has 11 heteroatoms. The molecule has 4 aromatic rings. The van der Waals surface area contributed by atoms with Gasteiger partial charge in [-0.05, 0) is 69.6 Å². The normalized spacial score (nSPS) is 16.3. The van der Waals surface area contributed by atoms with Crippen LogP contribution < -0.4 is 14.8 Å². The number of nitrogens with zero attached hydrogens (tertiary/aromatic N) is 3. The lowest BCUT2D eigenvalue weighted by molar-refractivity contribution is -0.137. The molecule has 1 fully saturated rings. The minimum absolute atomic E-state index is 0.0648. The molecule has 5 rings (SSSR count). The molecule has 1 aromatic heterocycles. The molecule has 0 radical (unpaired) electrons. The zero-order chi connectivity index (χ0) is 31.1. The number of carbonyl (C=O) groups excluding carboxylic acids is 1. The molecular weight excluding hydrogens is 573 g/mol. The van der Waals surface area contributed by atoms with Gasteiger partial charge in [-0.3, -0.25) is 9.69 Å².